The molecule has 4 nitrogen and oxygen atoms in total. The van der Waals surface area contributed by atoms with Gasteiger partial charge in [-0.15, -0.1) is 0 Å². The number of aryl methyl sites for hydroxylation is 1. The number of nitrogens with zero attached hydrogens (tertiary/aromatic N) is 2. The van der Waals surface area contributed by atoms with Crippen molar-refractivity contribution in [3.8, 4) is 0 Å². The van der Waals surface area contributed by atoms with E-state index < -0.39 is 0 Å². The number of imidazole rings is 1. The van der Waals surface area contributed by atoms with Crippen LogP contribution in [0.5, 0.6) is 0 Å². The zero-order valence-electron chi connectivity index (χ0n) is 10.7. The van der Waals surface area contributed by atoms with Gasteiger partial charge >= 0.3 is 0 Å². The van der Waals surface area contributed by atoms with Crippen molar-refractivity contribution in [1.82, 2.24) is 14.9 Å². The van der Waals surface area contributed by atoms with E-state index in [-0.39, 0.29) is 12.1 Å². The lowest BCUT2D eigenvalue weighted by Crippen LogP contribution is -2.35. The summed E-state index contributed by atoms with van der Waals surface area (Å²) in [5, 5.41) is 12.7. The number of fused-ring (bicyclic) bond motifs is 1. The summed E-state index contributed by atoms with van der Waals surface area (Å²) in [5.41, 5.74) is 2.20. The second-order valence-corrected chi connectivity index (χ2v) is 5.05. The Balaban J connectivity index is 1.87. The molecule has 0 radical (unpaired) electrons. The summed E-state index contributed by atoms with van der Waals surface area (Å²) in [5.74, 6) is 1.05. The number of rotatable bonds is 5. The first-order valence-corrected chi connectivity index (χ1v) is 6.58. The molecule has 2 N–H and O–H groups in total. The molecule has 0 amide bonds. The number of aliphatic hydroxyl groups is 1. The average Bonchev–Trinajstić information content (AvgIpc) is 3.10. The van der Waals surface area contributed by atoms with E-state index in [9.17, 15) is 5.11 Å². The lowest BCUT2D eigenvalue weighted by atomic mass is 10.3. The van der Waals surface area contributed by atoms with Gasteiger partial charge in [-0.05, 0) is 31.9 Å². The van der Waals surface area contributed by atoms with Crippen molar-refractivity contribution in [2.75, 3.05) is 6.61 Å². The topological polar surface area (TPSA) is 50.1 Å². The van der Waals surface area contributed by atoms with Crippen molar-refractivity contribution in [1.29, 1.82) is 0 Å². The van der Waals surface area contributed by atoms with Crippen molar-refractivity contribution in [2.24, 2.45) is 0 Å². The maximum absolute atomic E-state index is 9.31. The highest BCUT2D eigenvalue weighted by molar-refractivity contribution is 5.75. The first-order valence-electron chi connectivity index (χ1n) is 6.58. The van der Waals surface area contributed by atoms with Crippen LogP contribution in [0.2, 0.25) is 0 Å². The summed E-state index contributed by atoms with van der Waals surface area (Å²) in [6, 6.07) is 8.21. The molecule has 0 bridgehead atoms. The number of benzene rings is 1. The third-order valence-electron chi connectivity index (χ3n) is 3.83. The van der Waals surface area contributed by atoms with Gasteiger partial charge in [-0.1, -0.05) is 12.1 Å². The first-order chi connectivity index (χ1) is 8.78. The van der Waals surface area contributed by atoms with E-state index in [0.717, 1.165) is 37.3 Å². The van der Waals surface area contributed by atoms with Crippen LogP contribution < -0.4 is 5.32 Å². The fourth-order valence-corrected chi connectivity index (χ4v) is 2.42. The maximum Gasteiger partial charge on any atom is 0.123 e. The van der Waals surface area contributed by atoms with Gasteiger partial charge in [0, 0.05) is 12.1 Å². The molecule has 1 fully saturated rings. The molecule has 0 aliphatic heterocycles. The van der Waals surface area contributed by atoms with Crippen LogP contribution in [0.4, 0.5) is 0 Å². The predicted octanol–water partition coefficient (Wildman–Crippen LogP) is 1.67. The Kier molecular flexibility index (Phi) is 2.84. The van der Waals surface area contributed by atoms with Gasteiger partial charge < -0.3 is 15.0 Å². The molecular weight excluding hydrogens is 226 g/mol. The Bertz CT molecular complexity index is 557. The fourth-order valence-electron chi connectivity index (χ4n) is 2.42. The fraction of sp³-hybridized carbons (Fsp3) is 0.500. The minimum Gasteiger partial charge on any atom is -0.394 e. The Morgan fingerprint density at radius 2 is 2.17 bits per heavy atom. The van der Waals surface area contributed by atoms with Gasteiger partial charge in [0.1, 0.15) is 5.82 Å². The van der Waals surface area contributed by atoms with Gasteiger partial charge in [0.25, 0.3) is 0 Å². The average molecular weight is 245 g/mol. The molecule has 1 heterocycles. The van der Waals surface area contributed by atoms with Crippen molar-refractivity contribution < 1.29 is 5.11 Å². The smallest absolute Gasteiger partial charge is 0.123 e. The quantitative estimate of drug-likeness (QED) is 0.842. The number of hydrogen-bond donors (Lipinski definition) is 2. The van der Waals surface area contributed by atoms with Gasteiger partial charge in [-0.25, -0.2) is 4.98 Å². The highest BCUT2D eigenvalue weighted by Gasteiger charge is 2.41. The van der Waals surface area contributed by atoms with E-state index in [0.29, 0.717) is 0 Å². The van der Waals surface area contributed by atoms with Crippen molar-refractivity contribution in [3.05, 3.63) is 30.1 Å². The number of nitrogens with one attached hydrogen (secondary N) is 1. The molecular formula is C14H19N3O. The minimum absolute atomic E-state index is 0.0310. The van der Waals surface area contributed by atoms with Crippen molar-refractivity contribution in [2.45, 2.75) is 38.4 Å². The lowest BCUT2D eigenvalue weighted by molar-refractivity contribution is 0.228. The molecule has 3 rings (SSSR count). The second-order valence-electron chi connectivity index (χ2n) is 5.05. The summed E-state index contributed by atoms with van der Waals surface area (Å²) in [4.78, 5) is 4.67. The van der Waals surface area contributed by atoms with E-state index in [1.807, 2.05) is 18.2 Å². The second kappa shape index (κ2) is 4.37. The molecule has 2 aromatic rings. The zero-order chi connectivity index (χ0) is 12.6. The third kappa shape index (κ3) is 1.91. The van der Waals surface area contributed by atoms with Crippen LogP contribution in [0.3, 0.4) is 0 Å². The van der Waals surface area contributed by atoms with Crippen LogP contribution in [0.15, 0.2) is 24.3 Å². The Morgan fingerprint density at radius 3 is 2.83 bits per heavy atom. The molecule has 0 saturated heterocycles. The summed E-state index contributed by atoms with van der Waals surface area (Å²) >= 11 is 0. The van der Waals surface area contributed by atoms with Crippen molar-refractivity contribution in [3.63, 3.8) is 0 Å². The number of hydrogen-bond acceptors (Lipinski definition) is 3. The third-order valence-corrected chi connectivity index (χ3v) is 3.83. The summed E-state index contributed by atoms with van der Waals surface area (Å²) in [7, 11) is 0. The largest absolute Gasteiger partial charge is 0.394 e. The Hall–Kier alpha value is -1.39. The van der Waals surface area contributed by atoms with E-state index in [1.54, 1.807) is 0 Å². The summed E-state index contributed by atoms with van der Waals surface area (Å²) in [6.45, 7) is 4.00. The van der Waals surface area contributed by atoms with Crippen LogP contribution in [0.1, 0.15) is 25.6 Å². The van der Waals surface area contributed by atoms with E-state index in [4.69, 9.17) is 0 Å². The molecule has 18 heavy (non-hydrogen) atoms. The molecule has 1 aromatic carbocycles. The highest BCUT2D eigenvalue weighted by atomic mass is 16.3. The maximum atomic E-state index is 9.31. The van der Waals surface area contributed by atoms with Crippen LogP contribution in [0, 0.1) is 0 Å². The summed E-state index contributed by atoms with van der Waals surface area (Å²) < 4.78 is 2.23. The number of para-hydroxylation sites is 2. The van der Waals surface area contributed by atoms with Crippen LogP contribution in [-0.4, -0.2) is 26.8 Å². The molecule has 0 unspecified atom stereocenters. The molecule has 0 atom stereocenters. The molecule has 1 aromatic heterocycles. The SMILES string of the molecule is CCn1c(CNC2(CO)CC2)nc2ccccc21. The van der Waals surface area contributed by atoms with Crippen molar-refractivity contribution >= 4 is 11.0 Å². The van der Waals surface area contributed by atoms with Crippen LogP contribution >= 0.6 is 0 Å². The molecule has 0 spiro atoms. The molecule has 4 heteroatoms. The normalized spacial score (nSPS) is 17.2. The van der Waals surface area contributed by atoms with Gasteiger partial charge in [-0.2, -0.15) is 0 Å². The summed E-state index contributed by atoms with van der Waals surface area (Å²) in [6.07, 6.45) is 2.13. The van der Waals surface area contributed by atoms with E-state index in [2.05, 4.69) is 27.9 Å². The lowest BCUT2D eigenvalue weighted by Gasteiger charge is -2.14. The van der Waals surface area contributed by atoms with E-state index >= 15 is 0 Å². The minimum atomic E-state index is -0.0310. The van der Waals surface area contributed by atoms with Crippen LogP contribution in [-0.2, 0) is 13.1 Å². The molecule has 1 aliphatic carbocycles. The standard InChI is InChI=1S/C14H19N3O/c1-2-17-12-6-4-3-5-11(12)16-13(17)9-15-14(10-18)7-8-14/h3-6,15,18H,2,7-10H2,1H3. The molecule has 96 valence electrons. The van der Waals surface area contributed by atoms with Gasteiger partial charge in [0.05, 0.1) is 24.2 Å². The number of aliphatic hydroxyl groups excluding tert-OH is 1. The Labute approximate surface area is 107 Å². The zero-order valence-corrected chi connectivity index (χ0v) is 10.7. The first kappa shape index (κ1) is 11.7. The van der Waals surface area contributed by atoms with E-state index in [1.165, 1.54) is 5.52 Å². The number of aromatic nitrogens is 2. The molecule has 1 saturated carbocycles. The Morgan fingerprint density at radius 1 is 1.39 bits per heavy atom. The molecule has 1 aliphatic rings. The van der Waals surface area contributed by atoms with Gasteiger partial charge in [0.2, 0.25) is 0 Å². The highest BCUT2D eigenvalue weighted by Crippen LogP contribution is 2.34. The van der Waals surface area contributed by atoms with Gasteiger partial charge in [-0.3, -0.25) is 0 Å². The monoisotopic (exact) mass is 245 g/mol. The van der Waals surface area contributed by atoms with Crippen LogP contribution in [0.25, 0.3) is 11.0 Å². The predicted molar refractivity (Wildman–Crippen MR) is 71.3 cm³/mol. The van der Waals surface area contributed by atoms with Gasteiger partial charge in [0.15, 0.2) is 0 Å².